The summed E-state index contributed by atoms with van der Waals surface area (Å²) in [5.41, 5.74) is 5.63. The van der Waals surface area contributed by atoms with E-state index >= 15 is 0 Å². The van der Waals surface area contributed by atoms with Crippen molar-refractivity contribution in [3.8, 4) is 0 Å². The summed E-state index contributed by atoms with van der Waals surface area (Å²) in [5, 5.41) is 0. The molecule has 0 aromatic rings. The molecule has 0 heterocycles. The van der Waals surface area contributed by atoms with E-state index in [0.717, 1.165) is 26.1 Å². The molecule has 0 aliphatic carbocycles. The highest BCUT2D eigenvalue weighted by Crippen LogP contribution is 1.97. The van der Waals surface area contributed by atoms with Gasteiger partial charge in [-0.05, 0) is 25.9 Å². The summed E-state index contributed by atoms with van der Waals surface area (Å²) in [4.78, 5) is 13.3. The molecule has 0 aromatic carbocycles. The molecule has 2 N–H and O–H groups in total. The lowest BCUT2D eigenvalue weighted by molar-refractivity contribution is -0.142. The maximum Gasteiger partial charge on any atom is 0.322 e. The second-order valence-corrected chi connectivity index (χ2v) is 3.35. The molecule has 0 aromatic heterocycles. The van der Waals surface area contributed by atoms with E-state index in [2.05, 4.69) is 23.5 Å². The molecule has 0 aliphatic rings. The summed E-state index contributed by atoms with van der Waals surface area (Å²) < 4.78 is 4.56. The number of hydrogen-bond acceptors (Lipinski definition) is 4. The summed E-state index contributed by atoms with van der Waals surface area (Å²) in [6.07, 6.45) is 1.79. The fraction of sp³-hybridized carbons (Fsp3) is 0.900. The van der Waals surface area contributed by atoms with E-state index in [-0.39, 0.29) is 5.97 Å². The molecule has 0 aliphatic heterocycles. The molecule has 1 atom stereocenters. The van der Waals surface area contributed by atoms with Crippen LogP contribution in [0, 0.1) is 0 Å². The van der Waals surface area contributed by atoms with Gasteiger partial charge in [-0.15, -0.1) is 0 Å². The summed E-state index contributed by atoms with van der Waals surface area (Å²) in [6, 6.07) is -0.481. The highest BCUT2D eigenvalue weighted by atomic mass is 16.5. The lowest BCUT2D eigenvalue weighted by Gasteiger charge is -2.20. The number of carbonyl (C=O) groups is 1. The first-order chi connectivity index (χ1) is 6.65. The van der Waals surface area contributed by atoms with Gasteiger partial charge in [0, 0.05) is 6.54 Å². The number of nitrogens with zero attached hydrogens (tertiary/aromatic N) is 1. The molecular weight excluding hydrogens is 180 g/mol. The number of rotatable bonds is 7. The van der Waals surface area contributed by atoms with Crippen LogP contribution < -0.4 is 5.73 Å². The van der Waals surface area contributed by atoms with Gasteiger partial charge in [0.1, 0.15) is 6.04 Å². The Bertz CT molecular complexity index is 162. The van der Waals surface area contributed by atoms with Gasteiger partial charge in [0.2, 0.25) is 0 Å². The molecule has 0 saturated carbocycles. The lowest BCUT2D eigenvalue weighted by atomic mass is 10.2. The summed E-state index contributed by atoms with van der Waals surface area (Å²) in [7, 11) is 1.37. The Balaban J connectivity index is 3.72. The molecule has 84 valence electrons. The smallest absolute Gasteiger partial charge is 0.322 e. The predicted molar refractivity (Wildman–Crippen MR) is 57.0 cm³/mol. The van der Waals surface area contributed by atoms with Gasteiger partial charge in [-0.3, -0.25) is 4.79 Å². The second kappa shape index (κ2) is 7.76. The Kier molecular flexibility index (Phi) is 7.42. The van der Waals surface area contributed by atoms with Gasteiger partial charge >= 0.3 is 5.97 Å². The average Bonchev–Trinajstić information content (AvgIpc) is 2.22. The molecule has 0 radical (unpaired) electrons. The average molecular weight is 202 g/mol. The van der Waals surface area contributed by atoms with Gasteiger partial charge in [-0.1, -0.05) is 13.8 Å². The second-order valence-electron chi connectivity index (χ2n) is 3.35. The molecule has 14 heavy (non-hydrogen) atoms. The van der Waals surface area contributed by atoms with Gasteiger partial charge in [0.15, 0.2) is 0 Å². The van der Waals surface area contributed by atoms with Crippen LogP contribution in [0.1, 0.15) is 26.7 Å². The van der Waals surface area contributed by atoms with Crippen LogP contribution in [-0.2, 0) is 9.53 Å². The maximum absolute atomic E-state index is 11.0. The first kappa shape index (κ1) is 13.4. The van der Waals surface area contributed by atoms with Crippen molar-refractivity contribution in [2.24, 2.45) is 5.73 Å². The lowest BCUT2D eigenvalue weighted by Crippen LogP contribution is -2.36. The topological polar surface area (TPSA) is 55.6 Å². The van der Waals surface area contributed by atoms with Crippen molar-refractivity contribution < 1.29 is 9.53 Å². The van der Waals surface area contributed by atoms with Crippen LogP contribution in [-0.4, -0.2) is 43.7 Å². The number of ether oxygens (including phenoxy) is 1. The van der Waals surface area contributed by atoms with Crippen LogP contribution in [0.5, 0.6) is 0 Å². The normalized spacial score (nSPS) is 12.9. The first-order valence-corrected chi connectivity index (χ1v) is 5.21. The number of hydrogen-bond donors (Lipinski definition) is 1. The van der Waals surface area contributed by atoms with Crippen LogP contribution >= 0.6 is 0 Å². The van der Waals surface area contributed by atoms with Crippen molar-refractivity contribution >= 4 is 5.97 Å². The highest BCUT2D eigenvalue weighted by molar-refractivity contribution is 5.75. The number of nitrogens with two attached hydrogens (primary N) is 1. The van der Waals surface area contributed by atoms with Gasteiger partial charge in [-0.2, -0.15) is 0 Å². The Labute approximate surface area is 86.4 Å². The quantitative estimate of drug-likeness (QED) is 0.614. The van der Waals surface area contributed by atoms with Crippen LogP contribution in [0.2, 0.25) is 0 Å². The first-order valence-electron chi connectivity index (χ1n) is 5.21. The number of methoxy groups -OCH3 is 1. The van der Waals surface area contributed by atoms with E-state index in [9.17, 15) is 4.79 Å². The van der Waals surface area contributed by atoms with Gasteiger partial charge < -0.3 is 15.4 Å². The van der Waals surface area contributed by atoms with Crippen molar-refractivity contribution in [1.82, 2.24) is 4.90 Å². The zero-order valence-corrected chi connectivity index (χ0v) is 9.45. The molecule has 0 spiro atoms. The van der Waals surface area contributed by atoms with E-state index in [1.54, 1.807) is 0 Å². The van der Waals surface area contributed by atoms with Gasteiger partial charge in [0.05, 0.1) is 7.11 Å². The molecule has 0 rings (SSSR count). The molecule has 4 nitrogen and oxygen atoms in total. The molecule has 0 saturated heterocycles. The predicted octanol–water partition coefficient (Wildman–Crippen LogP) is 0.609. The van der Waals surface area contributed by atoms with E-state index in [0.29, 0.717) is 6.42 Å². The third-order valence-corrected chi connectivity index (χ3v) is 2.25. The summed E-state index contributed by atoms with van der Waals surface area (Å²) in [5.74, 6) is -0.322. The fourth-order valence-electron chi connectivity index (χ4n) is 1.34. The van der Waals surface area contributed by atoms with Gasteiger partial charge in [-0.25, -0.2) is 0 Å². The van der Waals surface area contributed by atoms with E-state index in [4.69, 9.17) is 5.73 Å². The van der Waals surface area contributed by atoms with E-state index < -0.39 is 6.04 Å². The molecule has 0 bridgehead atoms. The van der Waals surface area contributed by atoms with Crippen LogP contribution in [0.4, 0.5) is 0 Å². The molecule has 0 amide bonds. The third-order valence-electron chi connectivity index (χ3n) is 2.25. The van der Waals surface area contributed by atoms with Crippen molar-refractivity contribution in [2.45, 2.75) is 32.7 Å². The fourth-order valence-corrected chi connectivity index (χ4v) is 1.34. The molecule has 1 unspecified atom stereocenters. The SMILES string of the molecule is CCCN(CC)CCC(N)C(=O)OC. The summed E-state index contributed by atoms with van der Waals surface area (Å²) in [6.45, 7) is 7.18. The van der Waals surface area contributed by atoms with Crippen molar-refractivity contribution in [3.05, 3.63) is 0 Å². The van der Waals surface area contributed by atoms with E-state index in [1.807, 2.05) is 0 Å². The molecule has 0 fully saturated rings. The van der Waals surface area contributed by atoms with Crippen molar-refractivity contribution in [2.75, 3.05) is 26.7 Å². The van der Waals surface area contributed by atoms with Crippen LogP contribution in [0.15, 0.2) is 0 Å². The third kappa shape index (κ3) is 5.19. The minimum Gasteiger partial charge on any atom is -0.468 e. The van der Waals surface area contributed by atoms with Crippen molar-refractivity contribution in [1.29, 1.82) is 0 Å². The van der Waals surface area contributed by atoms with Crippen LogP contribution in [0.3, 0.4) is 0 Å². The Morgan fingerprint density at radius 3 is 2.50 bits per heavy atom. The van der Waals surface area contributed by atoms with E-state index in [1.165, 1.54) is 7.11 Å². The van der Waals surface area contributed by atoms with Crippen LogP contribution in [0.25, 0.3) is 0 Å². The monoisotopic (exact) mass is 202 g/mol. The molecular formula is C10H22N2O2. The minimum atomic E-state index is -0.481. The highest BCUT2D eigenvalue weighted by Gasteiger charge is 2.14. The zero-order valence-electron chi connectivity index (χ0n) is 9.45. The minimum absolute atomic E-state index is 0.322. The Hall–Kier alpha value is -0.610. The maximum atomic E-state index is 11.0. The Morgan fingerprint density at radius 2 is 2.07 bits per heavy atom. The van der Waals surface area contributed by atoms with Gasteiger partial charge in [0.25, 0.3) is 0 Å². The standard InChI is InChI=1S/C10H22N2O2/c1-4-7-12(5-2)8-6-9(11)10(13)14-3/h9H,4-8,11H2,1-3H3. The zero-order chi connectivity index (χ0) is 11.0. The number of carbonyl (C=O) groups excluding carboxylic acids is 1. The largest absolute Gasteiger partial charge is 0.468 e. The number of esters is 1. The molecule has 4 heteroatoms. The summed E-state index contributed by atoms with van der Waals surface area (Å²) >= 11 is 0. The van der Waals surface area contributed by atoms with Crippen molar-refractivity contribution in [3.63, 3.8) is 0 Å². The Morgan fingerprint density at radius 1 is 1.43 bits per heavy atom.